The summed E-state index contributed by atoms with van der Waals surface area (Å²) in [5.74, 6) is 0.0369. The van der Waals surface area contributed by atoms with Gasteiger partial charge in [0.05, 0.1) is 21.7 Å². The Bertz CT molecular complexity index is 1190. The summed E-state index contributed by atoms with van der Waals surface area (Å²) in [7, 11) is -3.72. The van der Waals surface area contributed by atoms with Gasteiger partial charge in [0.15, 0.2) is 5.16 Å². The highest BCUT2D eigenvalue weighted by molar-refractivity contribution is 7.99. The Balaban J connectivity index is 1.54. The largest absolute Gasteiger partial charge is 0.333 e. The van der Waals surface area contributed by atoms with Gasteiger partial charge in [-0.05, 0) is 44.0 Å². The Morgan fingerprint density at radius 1 is 1.19 bits per heavy atom. The number of rotatable bonds is 6. The average Bonchev–Trinajstić information content (AvgIpc) is 3.33. The van der Waals surface area contributed by atoms with Crippen molar-refractivity contribution in [1.82, 2.24) is 19.2 Å². The number of carbonyl (C=O) groups excluding carboxylic acids is 1. The molecule has 1 aliphatic heterocycles. The summed E-state index contributed by atoms with van der Waals surface area (Å²) in [6.45, 7) is 8.01. The van der Waals surface area contributed by atoms with Crippen molar-refractivity contribution in [3.8, 4) is 0 Å². The van der Waals surface area contributed by atoms with Gasteiger partial charge >= 0.3 is 0 Å². The molecule has 2 aromatic carbocycles. The number of carbonyl (C=O) groups is 1. The molecule has 0 unspecified atom stereocenters. The summed E-state index contributed by atoms with van der Waals surface area (Å²) in [5.41, 5.74) is 2.78. The van der Waals surface area contributed by atoms with Gasteiger partial charge in [0, 0.05) is 12.6 Å². The SMILES string of the molecule is Cc1ccc(S(=O)(=O)N2C[C@@H](C)N(C(=O)CSc3nc4ccccc4[nH]3)[C@H]2C(C)C)cc1. The maximum Gasteiger partial charge on any atom is 0.244 e. The highest BCUT2D eigenvalue weighted by Crippen LogP contribution is 2.33. The fraction of sp³-hybridized carbons (Fsp3) is 0.391. The third-order valence-electron chi connectivity index (χ3n) is 5.71. The molecule has 1 fully saturated rings. The molecule has 1 N–H and O–H groups in total. The lowest BCUT2D eigenvalue weighted by Crippen LogP contribution is -2.49. The van der Waals surface area contributed by atoms with Gasteiger partial charge < -0.3 is 9.88 Å². The van der Waals surface area contributed by atoms with Gasteiger partial charge in [0.2, 0.25) is 15.9 Å². The van der Waals surface area contributed by atoms with Crippen molar-refractivity contribution in [2.45, 2.75) is 50.0 Å². The highest BCUT2D eigenvalue weighted by Gasteiger charge is 2.47. The van der Waals surface area contributed by atoms with Crippen LogP contribution < -0.4 is 0 Å². The van der Waals surface area contributed by atoms with Gasteiger partial charge in [-0.25, -0.2) is 13.4 Å². The molecule has 1 aromatic heterocycles. The van der Waals surface area contributed by atoms with E-state index in [4.69, 9.17) is 0 Å². The number of H-pyrrole nitrogens is 1. The van der Waals surface area contributed by atoms with Gasteiger partial charge in [0.25, 0.3) is 0 Å². The minimum absolute atomic E-state index is 0.0553. The zero-order valence-corrected chi connectivity index (χ0v) is 20.3. The van der Waals surface area contributed by atoms with Gasteiger partial charge in [-0.1, -0.05) is 55.4 Å². The molecule has 4 rings (SSSR count). The fourth-order valence-corrected chi connectivity index (χ4v) is 6.74. The molecule has 3 aromatic rings. The monoisotopic (exact) mass is 472 g/mol. The molecule has 0 radical (unpaired) electrons. The number of nitrogens with one attached hydrogen (secondary N) is 1. The Morgan fingerprint density at radius 2 is 1.88 bits per heavy atom. The van der Waals surface area contributed by atoms with Gasteiger partial charge in [-0.15, -0.1) is 0 Å². The van der Waals surface area contributed by atoms with E-state index < -0.39 is 16.2 Å². The number of hydrogen-bond acceptors (Lipinski definition) is 5. The Labute approximate surface area is 193 Å². The number of sulfonamides is 1. The van der Waals surface area contributed by atoms with Gasteiger partial charge in [0.1, 0.15) is 6.17 Å². The van der Waals surface area contributed by atoms with Crippen molar-refractivity contribution in [1.29, 1.82) is 0 Å². The molecule has 9 heteroatoms. The summed E-state index contributed by atoms with van der Waals surface area (Å²) >= 11 is 1.34. The van der Waals surface area contributed by atoms with E-state index in [0.29, 0.717) is 5.16 Å². The quantitative estimate of drug-likeness (QED) is 0.551. The molecule has 1 aliphatic rings. The van der Waals surface area contributed by atoms with Crippen LogP contribution in [0.5, 0.6) is 0 Å². The van der Waals surface area contributed by atoms with E-state index in [1.807, 2.05) is 52.0 Å². The molecule has 0 bridgehead atoms. The zero-order chi connectivity index (χ0) is 23.0. The topological polar surface area (TPSA) is 86.4 Å². The number of fused-ring (bicyclic) bond motifs is 1. The van der Waals surface area contributed by atoms with Crippen molar-refractivity contribution >= 4 is 38.7 Å². The number of benzene rings is 2. The van der Waals surface area contributed by atoms with Crippen LogP contribution in [-0.2, 0) is 14.8 Å². The minimum atomic E-state index is -3.72. The number of aromatic amines is 1. The van der Waals surface area contributed by atoms with Crippen LogP contribution in [0.4, 0.5) is 0 Å². The molecule has 2 heterocycles. The normalized spacial score (nSPS) is 19.8. The van der Waals surface area contributed by atoms with E-state index >= 15 is 0 Å². The van der Waals surface area contributed by atoms with E-state index in [9.17, 15) is 13.2 Å². The summed E-state index contributed by atoms with van der Waals surface area (Å²) in [6, 6.07) is 14.4. The van der Waals surface area contributed by atoms with Crippen molar-refractivity contribution in [2.24, 2.45) is 5.92 Å². The molecule has 0 aliphatic carbocycles. The van der Waals surface area contributed by atoms with Crippen LogP contribution in [-0.4, -0.2) is 58.0 Å². The van der Waals surface area contributed by atoms with E-state index in [1.54, 1.807) is 29.2 Å². The molecule has 170 valence electrons. The maximum absolute atomic E-state index is 13.4. The van der Waals surface area contributed by atoms with Crippen LogP contribution in [0.15, 0.2) is 58.6 Å². The predicted octanol–water partition coefficient (Wildman–Crippen LogP) is 3.87. The van der Waals surface area contributed by atoms with Crippen molar-refractivity contribution < 1.29 is 13.2 Å². The summed E-state index contributed by atoms with van der Waals surface area (Å²) in [5, 5.41) is 0.677. The fourth-order valence-electron chi connectivity index (χ4n) is 4.19. The van der Waals surface area contributed by atoms with Crippen LogP contribution in [0.25, 0.3) is 11.0 Å². The maximum atomic E-state index is 13.4. The Morgan fingerprint density at radius 3 is 2.53 bits per heavy atom. The molecule has 2 atom stereocenters. The van der Waals surface area contributed by atoms with Crippen LogP contribution in [0.2, 0.25) is 0 Å². The molecular weight excluding hydrogens is 444 g/mol. The second kappa shape index (κ2) is 8.88. The number of aryl methyl sites for hydroxylation is 1. The summed E-state index contributed by atoms with van der Waals surface area (Å²) in [4.78, 5) is 23.0. The van der Waals surface area contributed by atoms with Crippen molar-refractivity contribution in [2.75, 3.05) is 12.3 Å². The van der Waals surface area contributed by atoms with Gasteiger partial charge in [-0.3, -0.25) is 4.79 Å². The molecule has 32 heavy (non-hydrogen) atoms. The minimum Gasteiger partial charge on any atom is -0.333 e. The molecule has 7 nitrogen and oxygen atoms in total. The van der Waals surface area contributed by atoms with Gasteiger partial charge in [-0.2, -0.15) is 4.31 Å². The first-order valence-electron chi connectivity index (χ1n) is 10.7. The number of imidazole rings is 1. The zero-order valence-electron chi connectivity index (χ0n) is 18.6. The summed E-state index contributed by atoms with van der Waals surface area (Å²) in [6.07, 6.45) is -0.528. The third kappa shape index (κ3) is 4.29. The smallest absolute Gasteiger partial charge is 0.244 e. The molecule has 0 saturated carbocycles. The first-order valence-corrected chi connectivity index (χ1v) is 13.1. The number of hydrogen-bond donors (Lipinski definition) is 1. The van der Waals surface area contributed by atoms with Crippen LogP contribution >= 0.6 is 11.8 Å². The van der Waals surface area contributed by atoms with E-state index in [2.05, 4.69) is 9.97 Å². The van der Waals surface area contributed by atoms with Crippen LogP contribution in [0, 0.1) is 12.8 Å². The first kappa shape index (κ1) is 22.8. The first-order chi connectivity index (χ1) is 15.2. The molecule has 1 amide bonds. The number of amides is 1. The second-order valence-electron chi connectivity index (χ2n) is 8.54. The third-order valence-corrected chi connectivity index (χ3v) is 8.42. The molecule has 0 spiro atoms. The highest BCUT2D eigenvalue weighted by atomic mass is 32.2. The molecular formula is C23H28N4O3S2. The lowest BCUT2D eigenvalue weighted by Gasteiger charge is -2.33. The number of para-hydroxylation sites is 2. The van der Waals surface area contributed by atoms with E-state index in [1.165, 1.54) is 16.1 Å². The van der Waals surface area contributed by atoms with Crippen molar-refractivity contribution in [3.05, 3.63) is 54.1 Å². The van der Waals surface area contributed by atoms with E-state index in [0.717, 1.165) is 16.6 Å². The number of thioether (sulfide) groups is 1. The molecule has 1 saturated heterocycles. The lowest BCUT2D eigenvalue weighted by molar-refractivity contribution is -0.132. The second-order valence-corrected chi connectivity index (χ2v) is 11.4. The van der Waals surface area contributed by atoms with Crippen molar-refractivity contribution in [3.63, 3.8) is 0 Å². The standard InChI is InChI=1S/C23H28N4O3S2/c1-15(2)22-26(32(29,30)18-11-9-16(3)10-12-18)13-17(4)27(22)21(28)14-31-23-24-19-7-5-6-8-20(19)25-23/h5-12,15,17,22H,13-14H2,1-4H3,(H,24,25)/t17-,22+/m1/s1. The van der Waals surface area contributed by atoms with Crippen LogP contribution in [0.3, 0.4) is 0 Å². The number of aromatic nitrogens is 2. The predicted molar refractivity (Wildman–Crippen MR) is 127 cm³/mol. The number of nitrogens with zero attached hydrogens (tertiary/aromatic N) is 3. The summed E-state index contributed by atoms with van der Waals surface area (Å²) < 4.78 is 28.3. The van der Waals surface area contributed by atoms with Crippen LogP contribution in [0.1, 0.15) is 26.3 Å². The lowest BCUT2D eigenvalue weighted by atomic mass is 10.1. The Kier molecular flexibility index (Phi) is 6.33. The Hall–Kier alpha value is -2.36. The average molecular weight is 473 g/mol. The van der Waals surface area contributed by atoms with E-state index in [-0.39, 0.29) is 35.1 Å².